The van der Waals surface area contributed by atoms with Crippen LogP contribution in [-0.2, 0) is 11.3 Å². The van der Waals surface area contributed by atoms with Gasteiger partial charge in [0.25, 0.3) is 0 Å². The highest BCUT2D eigenvalue weighted by atomic mass is 79.9. The van der Waals surface area contributed by atoms with E-state index in [1.165, 1.54) is 18.4 Å². The van der Waals surface area contributed by atoms with Crippen molar-refractivity contribution in [1.29, 1.82) is 0 Å². The number of ether oxygens (including phenoxy) is 1. The standard InChI is InChI=1S/C21H30BrClN2O2/c1-20(2,3)27-19(26)25-13-9-21(10-14-25)7-11-24(12-8-21)15-16-5-4-6-17(22)18(16)23/h4-6H,7-15H2,1-3H3. The monoisotopic (exact) mass is 456 g/mol. The molecule has 2 aliphatic rings. The first-order valence-corrected chi connectivity index (χ1v) is 11.0. The van der Waals surface area contributed by atoms with Crippen molar-refractivity contribution in [3.05, 3.63) is 33.3 Å². The summed E-state index contributed by atoms with van der Waals surface area (Å²) >= 11 is 9.93. The highest BCUT2D eigenvalue weighted by Gasteiger charge is 2.39. The van der Waals surface area contributed by atoms with Gasteiger partial charge in [-0.1, -0.05) is 23.7 Å². The molecule has 3 rings (SSSR count). The van der Waals surface area contributed by atoms with Crippen molar-refractivity contribution in [1.82, 2.24) is 9.80 Å². The second-order valence-electron chi connectivity index (χ2n) is 8.96. The number of benzene rings is 1. The van der Waals surface area contributed by atoms with Crippen LogP contribution in [0, 0.1) is 5.41 Å². The van der Waals surface area contributed by atoms with Crippen LogP contribution >= 0.6 is 27.5 Å². The lowest BCUT2D eigenvalue weighted by Gasteiger charge is -2.47. The second kappa shape index (κ2) is 8.30. The summed E-state index contributed by atoms with van der Waals surface area (Å²) in [6.07, 6.45) is 4.39. The molecular formula is C21H30BrClN2O2. The van der Waals surface area contributed by atoms with Crippen LogP contribution in [0.25, 0.3) is 0 Å². The Balaban J connectivity index is 1.49. The highest BCUT2D eigenvalue weighted by molar-refractivity contribution is 9.10. The SMILES string of the molecule is CC(C)(C)OC(=O)N1CCC2(CCN(Cc3cccc(Br)c3Cl)CC2)CC1. The van der Waals surface area contributed by atoms with E-state index in [1.807, 2.05) is 37.8 Å². The van der Waals surface area contributed by atoms with E-state index in [0.717, 1.165) is 55.1 Å². The highest BCUT2D eigenvalue weighted by Crippen LogP contribution is 2.42. The van der Waals surface area contributed by atoms with Crippen LogP contribution in [0.4, 0.5) is 4.79 Å². The quantitative estimate of drug-likeness (QED) is 0.570. The lowest BCUT2D eigenvalue weighted by Crippen LogP contribution is -2.49. The fourth-order valence-electron chi connectivity index (χ4n) is 4.09. The molecule has 0 aliphatic carbocycles. The van der Waals surface area contributed by atoms with Crippen LogP contribution in [0.2, 0.25) is 5.02 Å². The van der Waals surface area contributed by atoms with E-state index in [9.17, 15) is 4.79 Å². The molecule has 0 unspecified atom stereocenters. The molecule has 1 amide bonds. The fourth-order valence-corrected chi connectivity index (χ4v) is 4.68. The van der Waals surface area contributed by atoms with Crippen molar-refractivity contribution in [2.24, 2.45) is 5.41 Å². The first-order chi connectivity index (χ1) is 12.7. The van der Waals surface area contributed by atoms with Gasteiger partial charge in [0.2, 0.25) is 0 Å². The molecule has 150 valence electrons. The van der Waals surface area contributed by atoms with Crippen LogP contribution in [-0.4, -0.2) is 47.7 Å². The van der Waals surface area contributed by atoms with Gasteiger partial charge < -0.3 is 9.64 Å². The number of hydrogen-bond donors (Lipinski definition) is 0. The molecule has 1 aromatic carbocycles. The van der Waals surface area contributed by atoms with Gasteiger partial charge in [0.15, 0.2) is 0 Å². The second-order valence-corrected chi connectivity index (χ2v) is 10.2. The average Bonchev–Trinajstić information content (AvgIpc) is 2.60. The molecule has 0 N–H and O–H groups in total. The summed E-state index contributed by atoms with van der Waals surface area (Å²) in [4.78, 5) is 16.7. The largest absolute Gasteiger partial charge is 0.444 e. The number of likely N-dealkylation sites (tertiary alicyclic amines) is 2. The summed E-state index contributed by atoms with van der Waals surface area (Å²) in [7, 11) is 0. The molecule has 0 atom stereocenters. The molecule has 0 aromatic heterocycles. The maximum atomic E-state index is 12.3. The molecular weight excluding hydrogens is 428 g/mol. The number of amides is 1. The molecule has 0 radical (unpaired) electrons. The zero-order chi connectivity index (χ0) is 19.7. The molecule has 2 saturated heterocycles. The third-order valence-electron chi connectivity index (χ3n) is 5.82. The number of carbonyl (C=O) groups is 1. The maximum Gasteiger partial charge on any atom is 0.410 e. The molecule has 6 heteroatoms. The summed E-state index contributed by atoms with van der Waals surface area (Å²) in [5.74, 6) is 0. The van der Waals surface area contributed by atoms with E-state index in [1.54, 1.807) is 0 Å². The molecule has 2 aliphatic heterocycles. The minimum absolute atomic E-state index is 0.168. The molecule has 27 heavy (non-hydrogen) atoms. The Bertz CT molecular complexity index is 671. The zero-order valence-electron chi connectivity index (χ0n) is 16.6. The molecule has 0 bridgehead atoms. The van der Waals surface area contributed by atoms with Gasteiger partial charge in [-0.15, -0.1) is 0 Å². The molecule has 2 heterocycles. The van der Waals surface area contributed by atoms with Crippen molar-refractivity contribution in [2.75, 3.05) is 26.2 Å². The number of hydrogen-bond acceptors (Lipinski definition) is 3. The number of piperidine rings is 2. The summed E-state index contributed by atoms with van der Waals surface area (Å²) in [6, 6.07) is 6.13. The number of nitrogens with zero attached hydrogens (tertiary/aromatic N) is 2. The van der Waals surface area contributed by atoms with E-state index < -0.39 is 5.60 Å². The minimum Gasteiger partial charge on any atom is -0.444 e. The van der Waals surface area contributed by atoms with Crippen molar-refractivity contribution < 1.29 is 9.53 Å². The third kappa shape index (κ3) is 5.39. The lowest BCUT2D eigenvalue weighted by atomic mass is 9.71. The fraction of sp³-hybridized carbons (Fsp3) is 0.667. The molecule has 1 aromatic rings. The normalized spacial score (nSPS) is 20.7. The predicted molar refractivity (Wildman–Crippen MR) is 113 cm³/mol. The zero-order valence-corrected chi connectivity index (χ0v) is 18.9. The first-order valence-electron chi connectivity index (χ1n) is 9.81. The van der Waals surface area contributed by atoms with Gasteiger partial charge in [0.1, 0.15) is 5.60 Å². The maximum absolute atomic E-state index is 12.3. The van der Waals surface area contributed by atoms with E-state index in [4.69, 9.17) is 16.3 Å². The molecule has 4 nitrogen and oxygen atoms in total. The van der Waals surface area contributed by atoms with Gasteiger partial charge in [0, 0.05) is 24.1 Å². The Morgan fingerprint density at radius 1 is 1.15 bits per heavy atom. The van der Waals surface area contributed by atoms with Gasteiger partial charge in [-0.2, -0.15) is 0 Å². The van der Waals surface area contributed by atoms with Crippen molar-refractivity contribution in [3.8, 4) is 0 Å². The number of rotatable bonds is 2. The predicted octanol–water partition coefficient (Wildman–Crippen LogP) is 5.72. The van der Waals surface area contributed by atoms with Gasteiger partial charge in [-0.25, -0.2) is 4.79 Å². The number of carbonyl (C=O) groups excluding carboxylic acids is 1. The van der Waals surface area contributed by atoms with Crippen LogP contribution in [0.1, 0.15) is 52.0 Å². The Kier molecular flexibility index (Phi) is 6.44. The van der Waals surface area contributed by atoms with Crippen LogP contribution < -0.4 is 0 Å². The van der Waals surface area contributed by atoms with Crippen molar-refractivity contribution in [2.45, 2.75) is 58.6 Å². The van der Waals surface area contributed by atoms with Crippen LogP contribution in [0.15, 0.2) is 22.7 Å². The van der Waals surface area contributed by atoms with E-state index in [2.05, 4.69) is 26.9 Å². The van der Waals surface area contributed by atoms with Gasteiger partial charge in [-0.3, -0.25) is 4.90 Å². The summed E-state index contributed by atoms with van der Waals surface area (Å²) in [5.41, 5.74) is 1.14. The summed E-state index contributed by atoms with van der Waals surface area (Å²) in [6.45, 7) is 10.5. The Labute approximate surface area is 176 Å². The molecule has 2 fully saturated rings. The Hall–Kier alpha value is -0.780. The van der Waals surface area contributed by atoms with E-state index >= 15 is 0 Å². The van der Waals surface area contributed by atoms with Crippen LogP contribution in [0.5, 0.6) is 0 Å². The van der Waals surface area contributed by atoms with Crippen molar-refractivity contribution in [3.63, 3.8) is 0 Å². The topological polar surface area (TPSA) is 32.8 Å². The van der Waals surface area contributed by atoms with Crippen LogP contribution in [0.3, 0.4) is 0 Å². The first kappa shape index (κ1) is 20.9. The van der Waals surface area contributed by atoms with Gasteiger partial charge >= 0.3 is 6.09 Å². The summed E-state index contributed by atoms with van der Waals surface area (Å²) in [5, 5.41) is 0.823. The molecule has 0 saturated carbocycles. The lowest BCUT2D eigenvalue weighted by molar-refractivity contribution is -0.00311. The summed E-state index contributed by atoms with van der Waals surface area (Å²) < 4.78 is 6.48. The van der Waals surface area contributed by atoms with Crippen molar-refractivity contribution >= 4 is 33.6 Å². The molecule has 1 spiro atoms. The Morgan fingerprint density at radius 3 is 2.33 bits per heavy atom. The smallest absolute Gasteiger partial charge is 0.410 e. The Morgan fingerprint density at radius 2 is 1.74 bits per heavy atom. The van der Waals surface area contributed by atoms with E-state index in [-0.39, 0.29) is 6.09 Å². The third-order valence-corrected chi connectivity index (χ3v) is 7.15. The van der Waals surface area contributed by atoms with Gasteiger partial charge in [-0.05, 0) is 92.5 Å². The average molecular weight is 458 g/mol. The van der Waals surface area contributed by atoms with Gasteiger partial charge in [0.05, 0.1) is 5.02 Å². The van der Waals surface area contributed by atoms with E-state index in [0.29, 0.717) is 5.41 Å². The minimum atomic E-state index is -0.425. The number of halogens is 2.